The normalized spacial score (nSPS) is 10.3. The summed E-state index contributed by atoms with van der Waals surface area (Å²) in [6.07, 6.45) is 0.162. The molecule has 1 N–H and O–H groups in total. The van der Waals surface area contributed by atoms with Crippen molar-refractivity contribution in [2.24, 2.45) is 0 Å². The lowest BCUT2D eigenvalue weighted by Gasteiger charge is -2.16. The number of aldehydes is 1. The number of fused-ring (bicyclic) bond motifs is 1. The quantitative estimate of drug-likeness (QED) is 0.501. The summed E-state index contributed by atoms with van der Waals surface area (Å²) < 4.78 is 15.8. The van der Waals surface area contributed by atoms with E-state index in [1.54, 1.807) is 12.1 Å². The number of hydrogen-bond acceptors (Lipinski definition) is 6. The maximum atomic E-state index is 12.0. The van der Waals surface area contributed by atoms with Crippen molar-refractivity contribution in [3.05, 3.63) is 23.8 Å². The van der Waals surface area contributed by atoms with Gasteiger partial charge in [-0.1, -0.05) is 0 Å². The van der Waals surface area contributed by atoms with Crippen LogP contribution in [0.15, 0.2) is 18.2 Å². The van der Waals surface area contributed by atoms with E-state index in [0.717, 1.165) is 0 Å². The molecule has 0 aliphatic heterocycles. The Morgan fingerprint density at radius 2 is 1.59 bits per heavy atom. The Balaban J connectivity index is 2.91. The monoisotopic (exact) mass is 304 g/mol. The molecule has 6 heteroatoms. The van der Waals surface area contributed by atoms with Gasteiger partial charge in [-0.3, -0.25) is 4.79 Å². The molecule has 2 aromatic rings. The number of phenols is 1. The molecule has 0 unspecified atom stereocenters. The van der Waals surface area contributed by atoms with Crippen molar-refractivity contribution in [2.75, 3.05) is 21.3 Å². The first-order chi connectivity index (χ1) is 10.6. The fraction of sp³-hybridized carbons (Fsp3) is 0.250. The van der Waals surface area contributed by atoms with Gasteiger partial charge in [0.25, 0.3) is 0 Å². The lowest BCUT2D eigenvalue weighted by Crippen LogP contribution is -2.03. The molecule has 0 fully saturated rings. The maximum Gasteiger partial charge on any atom is 0.173 e. The standard InChI is InChI=1S/C16H16O6/c1-20-11-4-5-12(21-2)15-14(11)13(22-3)8-9(16(15)19)10(18)6-7-17/h4-5,7-8,19H,6H2,1-3H3. The molecule has 2 aromatic carbocycles. The molecule has 116 valence electrons. The molecule has 22 heavy (non-hydrogen) atoms. The predicted molar refractivity (Wildman–Crippen MR) is 80.3 cm³/mol. The van der Waals surface area contributed by atoms with Crippen LogP contribution < -0.4 is 14.2 Å². The zero-order valence-corrected chi connectivity index (χ0v) is 12.5. The SMILES string of the molecule is COc1ccc(OC)c2c(O)c(C(=O)CC=O)cc(OC)c12. The lowest BCUT2D eigenvalue weighted by atomic mass is 9.99. The van der Waals surface area contributed by atoms with Gasteiger partial charge in [-0.2, -0.15) is 0 Å². The Morgan fingerprint density at radius 1 is 1.05 bits per heavy atom. The molecule has 0 aromatic heterocycles. The third-order valence-corrected chi connectivity index (χ3v) is 3.37. The topological polar surface area (TPSA) is 82.1 Å². The van der Waals surface area contributed by atoms with Gasteiger partial charge in [-0.25, -0.2) is 0 Å². The number of ketones is 1. The molecule has 0 amide bonds. The van der Waals surface area contributed by atoms with E-state index in [4.69, 9.17) is 14.2 Å². The van der Waals surface area contributed by atoms with Gasteiger partial charge in [0.2, 0.25) is 0 Å². The molecule has 0 aliphatic carbocycles. The number of benzene rings is 2. The number of aromatic hydroxyl groups is 1. The van der Waals surface area contributed by atoms with E-state index in [9.17, 15) is 14.7 Å². The molecule has 0 radical (unpaired) electrons. The number of rotatable bonds is 6. The molecular weight excluding hydrogens is 288 g/mol. The van der Waals surface area contributed by atoms with Gasteiger partial charge in [0, 0.05) is 0 Å². The van der Waals surface area contributed by atoms with E-state index in [1.165, 1.54) is 27.4 Å². The zero-order valence-electron chi connectivity index (χ0n) is 12.5. The Hall–Kier alpha value is -2.76. The van der Waals surface area contributed by atoms with Crippen LogP contribution in [0.2, 0.25) is 0 Å². The molecule has 0 atom stereocenters. The van der Waals surface area contributed by atoms with Gasteiger partial charge in [0.15, 0.2) is 5.78 Å². The van der Waals surface area contributed by atoms with Gasteiger partial charge in [-0.15, -0.1) is 0 Å². The van der Waals surface area contributed by atoms with Crippen LogP contribution >= 0.6 is 0 Å². The minimum absolute atomic E-state index is 0.00278. The Kier molecular flexibility index (Phi) is 4.50. The van der Waals surface area contributed by atoms with Gasteiger partial charge >= 0.3 is 0 Å². The van der Waals surface area contributed by atoms with Crippen LogP contribution in [-0.4, -0.2) is 38.5 Å². The molecule has 2 rings (SSSR count). The number of phenolic OH excluding ortho intramolecular Hbond substituents is 1. The van der Waals surface area contributed by atoms with Crippen molar-refractivity contribution < 1.29 is 28.9 Å². The van der Waals surface area contributed by atoms with E-state index in [2.05, 4.69) is 0 Å². The Bertz CT molecular complexity index is 735. The molecule has 0 saturated carbocycles. The van der Waals surface area contributed by atoms with Crippen molar-refractivity contribution in [3.8, 4) is 23.0 Å². The van der Waals surface area contributed by atoms with Crippen LogP contribution in [0.1, 0.15) is 16.8 Å². The van der Waals surface area contributed by atoms with Crippen molar-refractivity contribution in [1.82, 2.24) is 0 Å². The minimum Gasteiger partial charge on any atom is -0.506 e. The summed E-state index contributed by atoms with van der Waals surface area (Å²) in [5, 5.41) is 11.3. The zero-order chi connectivity index (χ0) is 16.3. The first-order valence-corrected chi connectivity index (χ1v) is 6.50. The number of methoxy groups -OCH3 is 3. The van der Waals surface area contributed by atoms with Crippen LogP contribution in [0, 0.1) is 0 Å². The predicted octanol–water partition coefficient (Wildman–Crippen LogP) is 2.34. The van der Waals surface area contributed by atoms with Crippen molar-refractivity contribution >= 4 is 22.8 Å². The molecule has 6 nitrogen and oxygen atoms in total. The summed E-state index contributed by atoms with van der Waals surface area (Å²) in [5.74, 6) is 0.415. The second-order valence-corrected chi connectivity index (χ2v) is 4.49. The van der Waals surface area contributed by atoms with E-state index in [1.807, 2.05) is 0 Å². The average molecular weight is 304 g/mol. The number of carbonyl (C=O) groups is 2. The van der Waals surface area contributed by atoms with E-state index < -0.39 is 5.78 Å². The third-order valence-electron chi connectivity index (χ3n) is 3.37. The summed E-state index contributed by atoms with van der Waals surface area (Å²) in [5.41, 5.74) is 0.00278. The molecule has 0 spiro atoms. The Labute approximate surface area is 127 Å². The summed E-state index contributed by atoms with van der Waals surface area (Å²) in [7, 11) is 4.38. The van der Waals surface area contributed by atoms with E-state index >= 15 is 0 Å². The van der Waals surface area contributed by atoms with Crippen LogP contribution in [0.3, 0.4) is 0 Å². The van der Waals surface area contributed by atoms with E-state index in [-0.39, 0.29) is 17.7 Å². The van der Waals surface area contributed by atoms with Gasteiger partial charge in [0.05, 0.1) is 44.1 Å². The summed E-state index contributed by atoms with van der Waals surface area (Å²) in [6.45, 7) is 0. The summed E-state index contributed by atoms with van der Waals surface area (Å²) in [4.78, 5) is 22.6. The highest BCUT2D eigenvalue weighted by atomic mass is 16.5. The van der Waals surface area contributed by atoms with Crippen molar-refractivity contribution in [2.45, 2.75) is 6.42 Å². The highest BCUT2D eigenvalue weighted by Crippen LogP contribution is 2.45. The fourth-order valence-electron chi connectivity index (χ4n) is 2.35. The highest BCUT2D eigenvalue weighted by molar-refractivity contribution is 6.12. The van der Waals surface area contributed by atoms with Crippen LogP contribution in [0.4, 0.5) is 0 Å². The minimum atomic E-state index is -0.502. The summed E-state index contributed by atoms with van der Waals surface area (Å²) >= 11 is 0. The lowest BCUT2D eigenvalue weighted by molar-refractivity contribution is -0.107. The Morgan fingerprint density at radius 3 is 2.09 bits per heavy atom. The van der Waals surface area contributed by atoms with Crippen molar-refractivity contribution in [1.29, 1.82) is 0 Å². The average Bonchev–Trinajstić information content (AvgIpc) is 2.54. The van der Waals surface area contributed by atoms with Crippen molar-refractivity contribution in [3.63, 3.8) is 0 Å². The maximum absolute atomic E-state index is 12.0. The second-order valence-electron chi connectivity index (χ2n) is 4.49. The largest absolute Gasteiger partial charge is 0.506 e. The van der Waals surface area contributed by atoms with Crippen LogP contribution in [0.5, 0.6) is 23.0 Å². The van der Waals surface area contributed by atoms with Gasteiger partial charge in [0.1, 0.15) is 29.3 Å². The molecule has 0 bridgehead atoms. The molecule has 0 aliphatic rings. The summed E-state index contributed by atoms with van der Waals surface area (Å²) in [6, 6.07) is 4.69. The number of Topliss-reactive ketones (excluding diaryl/α,β-unsaturated/α-hetero) is 1. The second kappa shape index (κ2) is 6.34. The number of hydrogen-bond donors (Lipinski definition) is 1. The smallest absolute Gasteiger partial charge is 0.173 e. The van der Waals surface area contributed by atoms with Crippen LogP contribution in [0.25, 0.3) is 10.8 Å². The fourth-order valence-corrected chi connectivity index (χ4v) is 2.35. The molecule has 0 heterocycles. The molecule has 0 saturated heterocycles. The molecular formula is C16H16O6. The number of carbonyl (C=O) groups excluding carboxylic acids is 2. The van der Waals surface area contributed by atoms with E-state index in [0.29, 0.717) is 34.3 Å². The van der Waals surface area contributed by atoms with Gasteiger partial charge in [-0.05, 0) is 18.2 Å². The first kappa shape index (κ1) is 15.6. The highest BCUT2D eigenvalue weighted by Gasteiger charge is 2.22. The number of ether oxygens (including phenoxy) is 3. The first-order valence-electron chi connectivity index (χ1n) is 6.50. The van der Waals surface area contributed by atoms with Crippen LogP contribution in [-0.2, 0) is 4.79 Å². The third kappa shape index (κ3) is 2.43. The van der Waals surface area contributed by atoms with Gasteiger partial charge < -0.3 is 24.1 Å².